The molecule has 0 saturated carbocycles. The van der Waals surface area contributed by atoms with Crippen LogP contribution in [0.1, 0.15) is 25.5 Å². The van der Waals surface area contributed by atoms with Gasteiger partial charge in [0.2, 0.25) is 0 Å². The minimum atomic E-state index is -3.62. The van der Waals surface area contributed by atoms with E-state index in [1.54, 1.807) is 23.7 Å². The Labute approximate surface area is 162 Å². The molecular weight excluding hydrogens is 368 g/mol. The summed E-state index contributed by atoms with van der Waals surface area (Å²) in [6.45, 7) is 8.20. The van der Waals surface area contributed by atoms with Gasteiger partial charge >= 0.3 is 0 Å². The van der Waals surface area contributed by atoms with Gasteiger partial charge in [0.1, 0.15) is 0 Å². The van der Waals surface area contributed by atoms with Crippen molar-refractivity contribution in [2.24, 2.45) is 0 Å². The Kier molecular flexibility index (Phi) is 6.83. The quantitative estimate of drug-likeness (QED) is 0.704. The van der Waals surface area contributed by atoms with Crippen LogP contribution in [0.5, 0.6) is 0 Å². The number of pyridine rings is 1. The summed E-state index contributed by atoms with van der Waals surface area (Å²) in [7, 11) is -1.98. The molecule has 0 unspecified atom stereocenters. The molecule has 2 fully saturated rings. The largest absolute Gasteiger partial charge is 0.379 e. The average molecular weight is 399 g/mol. The van der Waals surface area contributed by atoms with Crippen molar-refractivity contribution in [1.29, 1.82) is 0 Å². The number of rotatable bonds is 6. The van der Waals surface area contributed by atoms with Gasteiger partial charge in [-0.15, -0.1) is 0 Å². The molecule has 9 heteroatoms. The Morgan fingerprint density at radius 2 is 2.00 bits per heavy atom. The fourth-order valence-corrected chi connectivity index (χ4v) is 5.24. The number of aromatic nitrogens is 1. The van der Waals surface area contributed by atoms with Gasteiger partial charge in [0.25, 0.3) is 10.2 Å². The summed E-state index contributed by atoms with van der Waals surface area (Å²) in [5, 5.41) is 0. The van der Waals surface area contributed by atoms with Gasteiger partial charge in [-0.3, -0.25) is 9.88 Å². The first kappa shape index (κ1) is 20.6. The zero-order chi connectivity index (χ0) is 19.4. The average Bonchev–Trinajstić information content (AvgIpc) is 2.68. The molecule has 2 saturated heterocycles. The molecule has 0 aromatic carbocycles. The van der Waals surface area contributed by atoms with Gasteiger partial charge in [-0.25, -0.2) is 0 Å². The smallest absolute Gasteiger partial charge is 0.282 e. The summed E-state index contributed by atoms with van der Waals surface area (Å²) in [6, 6.07) is 3.25. The number of hydrogen-bond acceptors (Lipinski definition) is 6. The lowest BCUT2D eigenvalue weighted by molar-refractivity contribution is -0.0703. The molecule has 1 aromatic rings. The minimum absolute atomic E-state index is 0.120. The molecule has 3 heterocycles. The molecule has 152 valence electrons. The van der Waals surface area contributed by atoms with E-state index in [0.717, 1.165) is 18.7 Å². The molecule has 8 nitrogen and oxygen atoms in total. The summed E-state index contributed by atoms with van der Waals surface area (Å²) in [5.41, 5.74) is 0.858. The highest BCUT2D eigenvalue weighted by Crippen LogP contribution is 2.33. The summed E-state index contributed by atoms with van der Waals surface area (Å²) in [4.78, 5) is 6.49. The first-order valence-electron chi connectivity index (χ1n) is 9.47. The van der Waals surface area contributed by atoms with Gasteiger partial charge in [0.05, 0.1) is 32.0 Å². The van der Waals surface area contributed by atoms with Crippen LogP contribution in [0, 0.1) is 0 Å². The molecule has 2 aliphatic rings. The topological polar surface area (TPSA) is 75.2 Å². The van der Waals surface area contributed by atoms with Crippen molar-refractivity contribution in [2.75, 3.05) is 53.0 Å². The second-order valence-electron chi connectivity index (χ2n) is 7.28. The van der Waals surface area contributed by atoms with Crippen molar-refractivity contribution in [2.45, 2.75) is 32.0 Å². The van der Waals surface area contributed by atoms with Gasteiger partial charge in [-0.05, 0) is 25.5 Å². The van der Waals surface area contributed by atoms with E-state index < -0.39 is 16.3 Å². The molecule has 2 aliphatic heterocycles. The predicted octanol–water partition coefficient (Wildman–Crippen LogP) is 0.741. The van der Waals surface area contributed by atoms with Crippen molar-refractivity contribution in [3.63, 3.8) is 0 Å². The standard InChI is InChI=1S/C18H30N4O4S/c1-15(2)20(3)27(23,24)22-9-12-26-17(14-21-7-10-25-11-8-21)18(22)16-5-4-6-19-13-16/h4-6,13,15,17-18H,7-12,14H2,1-3H3/t17-,18-/m0/s1. The van der Waals surface area contributed by atoms with E-state index in [9.17, 15) is 8.42 Å². The van der Waals surface area contributed by atoms with Gasteiger partial charge in [-0.2, -0.15) is 17.0 Å². The van der Waals surface area contributed by atoms with Gasteiger partial charge < -0.3 is 9.47 Å². The normalized spacial score (nSPS) is 26.0. The van der Waals surface area contributed by atoms with E-state index in [0.29, 0.717) is 32.9 Å². The monoisotopic (exact) mass is 398 g/mol. The maximum atomic E-state index is 13.3. The number of nitrogens with zero attached hydrogens (tertiary/aromatic N) is 4. The first-order valence-corrected chi connectivity index (χ1v) is 10.9. The Morgan fingerprint density at radius 1 is 1.26 bits per heavy atom. The molecule has 0 amide bonds. The van der Waals surface area contributed by atoms with Gasteiger partial charge in [0.15, 0.2) is 0 Å². The van der Waals surface area contributed by atoms with E-state index in [1.165, 1.54) is 4.31 Å². The van der Waals surface area contributed by atoms with Crippen LogP contribution in [0.3, 0.4) is 0 Å². The highest BCUT2D eigenvalue weighted by Gasteiger charge is 2.43. The molecule has 0 spiro atoms. The van der Waals surface area contributed by atoms with E-state index in [2.05, 4.69) is 9.88 Å². The van der Waals surface area contributed by atoms with Crippen LogP contribution < -0.4 is 0 Å². The van der Waals surface area contributed by atoms with Crippen LogP contribution in [0.25, 0.3) is 0 Å². The molecular formula is C18H30N4O4S. The lowest BCUT2D eigenvalue weighted by Crippen LogP contribution is -2.56. The fraction of sp³-hybridized carbons (Fsp3) is 0.722. The van der Waals surface area contributed by atoms with E-state index >= 15 is 0 Å². The molecule has 3 rings (SSSR count). The molecule has 0 radical (unpaired) electrons. The Morgan fingerprint density at radius 3 is 2.63 bits per heavy atom. The lowest BCUT2D eigenvalue weighted by Gasteiger charge is -2.44. The summed E-state index contributed by atoms with van der Waals surface area (Å²) >= 11 is 0. The SMILES string of the molecule is CC(C)N(C)S(=O)(=O)N1CCO[C@@H](CN2CCOCC2)[C@@H]1c1cccnc1. The van der Waals surface area contributed by atoms with Crippen LogP contribution >= 0.6 is 0 Å². The third kappa shape index (κ3) is 4.67. The van der Waals surface area contributed by atoms with Crippen molar-refractivity contribution in [1.82, 2.24) is 18.5 Å². The van der Waals surface area contributed by atoms with Crippen LogP contribution in [0.4, 0.5) is 0 Å². The molecule has 0 aliphatic carbocycles. The summed E-state index contributed by atoms with van der Waals surface area (Å²) in [6.07, 6.45) is 3.18. The maximum Gasteiger partial charge on any atom is 0.282 e. The number of morpholine rings is 2. The highest BCUT2D eigenvalue weighted by molar-refractivity contribution is 7.86. The molecule has 1 aromatic heterocycles. The zero-order valence-corrected chi connectivity index (χ0v) is 17.1. The lowest BCUT2D eigenvalue weighted by atomic mass is 10.0. The van der Waals surface area contributed by atoms with Crippen LogP contribution in [-0.4, -0.2) is 92.1 Å². The number of ether oxygens (including phenoxy) is 2. The second kappa shape index (κ2) is 8.93. The van der Waals surface area contributed by atoms with Crippen molar-refractivity contribution >= 4 is 10.2 Å². The van der Waals surface area contributed by atoms with Gasteiger partial charge in [0, 0.05) is 51.7 Å². The molecule has 0 bridgehead atoms. The molecule has 27 heavy (non-hydrogen) atoms. The Hall–Kier alpha value is -1.10. The van der Waals surface area contributed by atoms with E-state index in [1.807, 2.05) is 26.0 Å². The van der Waals surface area contributed by atoms with E-state index in [4.69, 9.17) is 9.47 Å². The highest BCUT2D eigenvalue weighted by atomic mass is 32.2. The minimum Gasteiger partial charge on any atom is -0.379 e. The van der Waals surface area contributed by atoms with E-state index in [-0.39, 0.29) is 12.1 Å². The van der Waals surface area contributed by atoms with Crippen LogP contribution in [-0.2, 0) is 19.7 Å². The Bertz CT molecular complexity index is 695. The third-order valence-corrected chi connectivity index (χ3v) is 7.41. The van der Waals surface area contributed by atoms with Gasteiger partial charge in [-0.1, -0.05) is 6.07 Å². The predicted molar refractivity (Wildman–Crippen MR) is 103 cm³/mol. The second-order valence-corrected chi connectivity index (χ2v) is 9.22. The van der Waals surface area contributed by atoms with Crippen molar-refractivity contribution in [3.8, 4) is 0 Å². The third-order valence-electron chi connectivity index (χ3n) is 5.26. The zero-order valence-electron chi connectivity index (χ0n) is 16.3. The first-order chi connectivity index (χ1) is 12.9. The van der Waals surface area contributed by atoms with Crippen LogP contribution in [0.15, 0.2) is 24.5 Å². The summed E-state index contributed by atoms with van der Waals surface area (Å²) < 4.78 is 41.1. The molecule has 2 atom stereocenters. The number of hydrogen-bond donors (Lipinski definition) is 0. The van der Waals surface area contributed by atoms with Crippen LogP contribution in [0.2, 0.25) is 0 Å². The fourth-order valence-electron chi connectivity index (χ4n) is 3.52. The maximum absolute atomic E-state index is 13.3. The molecule has 0 N–H and O–H groups in total. The van der Waals surface area contributed by atoms with Crippen molar-refractivity contribution < 1.29 is 17.9 Å². The summed E-state index contributed by atoms with van der Waals surface area (Å²) in [5.74, 6) is 0. The Balaban J connectivity index is 1.91. The van der Waals surface area contributed by atoms with Crippen molar-refractivity contribution in [3.05, 3.63) is 30.1 Å².